The summed E-state index contributed by atoms with van der Waals surface area (Å²) in [6, 6.07) is 1.85. The predicted molar refractivity (Wildman–Crippen MR) is 157 cm³/mol. The number of esters is 3. The first-order valence-corrected chi connectivity index (χ1v) is 16.3. The normalized spacial score (nSPS) is 47.5. The zero-order valence-corrected chi connectivity index (χ0v) is 27.4. The van der Waals surface area contributed by atoms with Crippen molar-refractivity contribution in [3.63, 3.8) is 0 Å². The smallest absolute Gasteiger partial charge is 0.335 e. The highest BCUT2D eigenvalue weighted by molar-refractivity contribution is 5.75. The molecule has 5 aliphatic rings. The Labute approximate surface area is 263 Å². The van der Waals surface area contributed by atoms with Crippen LogP contribution < -0.4 is 0 Å². The van der Waals surface area contributed by atoms with Gasteiger partial charge in [0.05, 0.1) is 37.3 Å². The van der Waals surface area contributed by atoms with Crippen molar-refractivity contribution in [1.82, 2.24) is 0 Å². The third kappa shape index (κ3) is 4.05. The van der Waals surface area contributed by atoms with E-state index in [9.17, 15) is 29.7 Å². The highest BCUT2D eigenvalue weighted by Crippen LogP contribution is 2.82. The van der Waals surface area contributed by atoms with Crippen LogP contribution in [0.5, 0.6) is 0 Å². The molecule has 45 heavy (non-hydrogen) atoms. The Morgan fingerprint density at radius 3 is 2.38 bits per heavy atom. The van der Waals surface area contributed by atoms with E-state index in [-0.39, 0.29) is 30.8 Å². The van der Waals surface area contributed by atoms with E-state index >= 15 is 0 Å². The fraction of sp³-hybridized carbons (Fsp3) is 0.794. The molecule has 5 fully saturated rings. The summed E-state index contributed by atoms with van der Waals surface area (Å²) in [5.41, 5.74) is -4.67. The number of hydrogen-bond donors (Lipinski definition) is 3. The van der Waals surface area contributed by atoms with E-state index in [1.807, 2.05) is 33.8 Å². The Balaban J connectivity index is 1.58. The molecule has 2 aliphatic heterocycles. The maximum Gasteiger partial charge on any atom is 0.335 e. The highest BCUT2D eigenvalue weighted by Gasteiger charge is 2.91. The minimum Gasteiger partial charge on any atom is -0.472 e. The number of epoxide rings is 1. The zero-order valence-electron chi connectivity index (χ0n) is 27.4. The van der Waals surface area contributed by atoms with Crippen LogP contribution in [0.15, 0.2) is 23.0 Å². The third-order valence-corrected chi connectivity index (χ3v) is 13.1. The molecular weight excluding hydrogens is 584 g/mol. The van der Waals surface area contributed by atoms with Crippen molar-refractivity contribution in [3.05, 3.63) is 24.2 Å². The van der Waals surface area contributed by atoms with E-state index in [0.717, 1.165) is 5.56 Å². The first-order chi connectivity index (χ1) is 20.9. The van der Waals surface area contributed by atoms with Crippen molar-refractivity contribution in [2.75, 3.05) is 0 Å². The largest absolute Gasteiger partial charge is 0.472 e. The molecule has 1 aromatic heterocycles. The van der Waals surface area contributed by atoms with Gasteiger partial charge in [0.25, 0.3) is 0 Å². The van der Waals surface area contributed by atoms with Gasteiger partial charge in [-0.25, -0.2) is 4.79 Å². The lowest BCUT2D eigenvalue weighted by molar-refractivity contribution is -0.314. The van der Waals surface area contributed by atoms with Gasteiger partial charge in [0.15, 0.2) is 6.10 Å². The summed E-state index contributed by atoms with van der Waals surface area (Å²) >= 11 is 0. The number of carbonyl (C=O) groups excluding carboxylic acids is 3. The molecule has 6 rings (SSSR count). The van der Waals surface area contributed by atoms with Crippen LogP contribution in [-0.2, 0) is 33.3 Å². The quantitative estimate of drug-likeness (QED) is 0.239. The number of rotatable bonds is 6. The molecule has 0 unspecified atom stereocenters. The molecule has 3 aliphatic carbocycles. The summed E-state index contributed by atoms with van der Waals surface area (Å²) in [6.07, 6.45) is -2.19. The Bertz CT molecular complexity index is 1360. The second-order valence-corrected chi connectivity index (χ2v) is 15.5. The Morgan fingerprint density at radius 1 is 1.09 bits per heavy atom. The van der Waals surface area contributed by atoms with E-state index in [4.69, 9.17) is 23.4 Å². The summed E-state index contributed by atoms with van der Waals surface area (Å²) in [4.78, 5) is 39.4. The first kappa shape index (κ1) is 32.5. The molecule has 250 valence electrons. The Kier molecular flexibility index (Phi) is 7.41. The van der Waals surface area contributed by atoms with Crippen LogP contribution >= 0.6 is 0 Å². The van der Waals surface area contributed by atoms with E-state index in [1.54, 1.807) is 33.3 Å². The van der Waals surface area contributed by atoms with Crippen molar-refractivity contribution < 1.29 is 53.1 Å². The zero-order chi connectivity index (χ0) is 33.1. The molecule has 0 bridgehead atoms. The number of fused-ring (bicyclic) bond motifs is 3. The molecule has 14 atom stereocenters. The molecule has 3 heterocycles. The summed E-state index contributed by atoms with van der Waals surface area (Å²) in [6.45, 7) is 14.2. The van der Waals surface area contributed by atoms with Crippen molar-refractivity contribution in [2.45, 2.75) is 135 Å². The van der Waals surface area contributed by atoms with Crippen LogP contribution in [0.2, 0.25) is 0 Å². The van der Waals surface area contributed by atoms with Gasteiger partial charge in [-0.15, -0.1) is 0 Å². The molecule has 0 radical (unpaired) electrons. The van der Waals surface area contributed by atoms with E-state index < -0.39 is 87.7 Å². The van der Waals surface area contributed by atoms with E-state index in [0.29, 0.717) is 12.8 Å². The van der Waals surface area contributed by atoms with Gasteiger partial charge in [-0.2, -0.15) is 0 Å². The fourth-order valence-corrected chi connectivity index (χ4v) is 11.0. The van der Waals surface area contributed by atoms with Gasteiger partial charge in [0, 0.05) is 40.9 Å². The van der Waals surface area contributed by atoms with Gasteiger partial charge < -0.3 is 38.7 Å². The van der Waals surface area contributed by atoms with Gasteiger partial charge in [-0.1, -0.05) is 41.0 Å². The number of furan rings is 1. The molecule has 1 aromatic rings. The van der Waals surface area contributed by atoms with Crippen LogP contribution in [0.1, 0.15) is 92.6 Å². The van der Waals surface area contributed by atoms with Crippen molar-refractivity contribution in [1.29, 1.82) is 0 Å². The number of aliphatic hydroxyl groups excluding tert-OH is 3. The SMILES string of the molecule is CC[C@@H](C)[C@H](O)C(=O)O[C@H]1[C@H](O)[C@@H]2[C@@]3(C)[C@@H](OC(C)=O)CC(=O)OC(C)(C)[C@@H]3C[C@@H](O)[C@@]2(C)[C@@]23O[C@@H]2C[C@@H](c2ccoc2)[C@]13C. The lowest BCUT2D eigenvalue weighted by Crippen LogP contribution is -2.78. The van der Waals surface area contributed by atoms with Crippen molar-refractivity contribution in [2.24, 2.45) is 34.0 Å². The lowest BCUT2D eigenvalue weighted by atomic mass is 9.36. The Morgan fingerprint density at radius 2 is 1.78 bits per heavy atom. The van der Waals surface area contributed by atoms with Gasteiger partial charge in [-0.3, -0.25) is 9.59 Å². The lowest BCUT2D eigenvalue weighted by Gasteiger charge is -2.69. The summed E-state index contributed by atoms with van der Waals surface area (Å²) in [5, 5.41) is 36.1. The standard InChI is InChI=1S/C34H48O11/c1-9-16(2)25(38)29(40)43-28-26(39)27-31(6)20(30(4,5)45-24(37)14-22(31)42-17(3)35)13-21(36)33(27,8)34-23(44-34)12-19(32(28,34)7)18-10-11-41-15-18/h10-11,15-16,19-23,25-28,36,38-39H,9,12-14H2,1-8H3/t16-,19+,20+,21-,22+,23-,25+,26-,27-,28+,31-,32-,33-,34-/m1/s1. The molecule has 2 saturated heterocycles. The average molecular weight is 633 g/mol. The molecule has 3 N–H and O–H groups in total. The predicted octanol–water partition coefficient (Wildman–Crippen LogP) is 3.27. The molecular formula is C34H48O11. The molecule has 1 spiro atoms. The number of cyclic esters (lactones) is 1. The third-order valence-electron chi connectivity index (χ3n) is 13.1. The number of hydrogen-bond acceptors (Lipinski definition) is 11. The summed E-state index contributed by atoms with van der Waals surface area (Å²) < 4.78 is 30.3. The highest BCUT2D eigenvalue weighted by atomic mass is 16.6. The maximum atomic E-state index is 13.7. The second kappa shape index (κ2) is 10.3. The van der Waals surface area contributed by atoms with E-state index in [2.05, 4.69) is 0 Å². The number of ether oxygens (including phenoxy) is 4. The molecule has 0 amide bonds. The Hall–Kier alpha value is -2.47. The second-order valence-electron chi connectivity index (χ2n) is 15.5. The van der Waals surface area contributed by atoms with Crippen LogP contribution in [0.3, 0.4) is 0 Å². The average Bonchev–Trinajstić information content (AvgIpc) is 3.34. The molecule has 11 heteroatoms. The summed E-state index contributed by atoms with van der Waals surface area (Å²) in [5.74, 6) is -4.11. The van der Waals surface area contributed by atoms with E-state index in [1.165, 1.54) is 6.92 Å². The van der Waals surface area contributed by atoms with Gasteiger partial charge in [0.2, 0.25) is 0 Å². The fourth-order valence-electron chi connectivity index (χ4n) is 11.0. The van der Waals surface area contributed by atoms with Crippen LogP contribution in [-0.4, -0.2) is 81.1 Å². The van der Waals surface area contributed by atoms with Crippen LogP contribution in [0.4, 0.5) is 0 Å². The van der Waals surface area contributed by atoms with Crippen LogP contribution in [0, 0.1) is 34.0 Å². The minimum atomic E-state index is -1.42. The maximum absolute atomic E-state index is 13.7. The number of aliphatic hydroxyl groups is 3. The first-order valence-electron chi connectivity index (χ1n) is 16.3. The monoisotopic (exact) mass is 632 g/mol. The van der Waals surface area contributed by atoms with Crippen molar-refractivity contribution in [3.8, 4) is 0 Å². The minimum absolute atomic E-state index is 0.190. The topological polar surface area (TPSA) is 165 Å². The van der Waals surface area contributed by atoms with Gasteiger partial charge in [0.1, 0.15) is 23.4 Å². The van der Waals surface area contributed by atoms with Crippen molar-refractivity contribution >= 4 is 17.9 Å². The molecule has 11 nitrogen and oxygen atoms in total. The summed E-state index contributed by atoms with van der Waals surface area (Å²) in [7, 11) is 0. The van der Waals surface area contributed by atoms with Crippen LogP contribution in [0.25, 0.3) is 0 Å². The van der Waals surface area contributed by atoms with Gasteiger partial charge >= 0.3 is 17.9 Å². The molecule has 3 saturated carbocycles. The molecule has 0 aromatic carbocycles. The van der Waals surface area contributed by atoms with Gasteiger partial charge in [-0.05, 0) is 44.2 Å². The number of carbonyl (C=O) groups is 3.